The van der Waals surface area contributed by atoms with Crippen molar-refractivity contribution in [2.75, 3.05) is 6.61 Å². The lowest BCUT2D eigenvalue weighted by atomic mass is 9.93. The Balaban J connectivity index is 1.48. The summed E-state index contributed by atoms with van der Waals surface area (Å²) < 4.78 is 10.7. The van der Waals surface area contributed by atoms with Gasteiger partial charge in [-0.05, 0) is 68.1 Å². The third-order valence-corrected chi connectivity index (χ3v) is 5.10. The minimum absolute atomic E-state index is 0.226. The molecular formula is C21H21ClN2O5. The molecule has 8 heteroatoms. The van der Waals surface area contributed by atoms with Crippen LogP contribution in [0.3, 0.4) is 0 Å². The quantitative estimate of drug-likeness (QED) is 0.411. The van der Waals surface area contributed by atoms with Crippen LogP contribution in [0.4, 0.5) is 4.79 Å². The van der Waals surface area contributed by atoms with E-state index in [4.69, 9.17) is 21.1 Å². The van der Waals surface area contributed by atoms with E-state index < -0.39 is 17.5 Å². The van der Waals surface area contributed by atoms with Crippen LogP contribution in [0.1, 0.15) is 24.5 Å². The molecule has 152 valence electrons. The number of carbonyl (C=O) groups is 3. The van der Waals surface area contributed by atoms with Gasteiger partial charge in [0.1, 0.15) is 17.0 Å². The number of hydrogen-bond donors (Lipinski definition) is 2. The van der Waals surface area contributed by atoms with E-state index in [1.807, 2.05) is 19.1 Å². The second kappa shape index (κ2) is 8.53. The first-order valence-corrected chi connectivity index (χ1v) is 9.45. The van der Waals surface area contributed by atoms with Crippen molar-refractivity contribution >= 4 is 29.5 Å². The molecule has 1 aliphatic rings. The van der Waals surface area contributed by atoms with Crippen LogP contribution >= 0.6 is 11.6 Å². The zero-order chi connectivity index (χ0) is 21.0. The second-order valence-corrected chi connectivity index (χ2v) is 7.47. The van der Waals surface area contributed by atoms with Gasteiger partial charge in [-0.15, -0.1) is 0 Å². The summed E-state index contributed by atoms with van der Waals surface area (Å²) in [4.78, 5) is 35.1. The number of nitrogens with one attached hydrogen (secondary N) is 2. The number of aryl methyl sites for hydroxylation is 2. The van der Waals surface area contributed by atoms with Crippen molar-refractivity contribution < 1.29 is 23.9 Å². The van der Waals surface area contributed by atoms with E-state index in [2.05, 4.69) is 10.6 Å². The highest BCUT2D eigenvalue weighted by atomic mass is 35.5. The fraction of sp³-hybridized carbons (Fsp3) is 0.286. The van der Waals surface area contributed by atoms with Crippen molar-refractivity contribution in [1.29, 1.82) is 0 Å². The SMILES string of the molecule is Cc1cc(OCC(=O)Oc2ccc(CC[C@@]3(C)NC(=O)NC3=O)cc2)ccc1Cl. The van der Waals surface area contributed by atoms with Crippen LogP contribution in [0.25, 0.3) is 0 Å². The first kappa shape index (κ1) is 20.7. The van der Waals surface area contributed by atoms with Crippen LogP contribution in [-0.2, 0) is 16.0 Å². The molecule has 7 nitrogen and oxygen atoms in total. The van der Waals surface area contributed by atoms with Gasteiger partial charge in [0.25, 0.3) is 5.91 Å². The maximum Gasteiger partial charge on any atom is 0.349 e. The highest BCUT2D eigenvalue weighted by Gasteiger charge is 2.41. The number of urea groups is 1. The van der Waals surface area contributed by atoms with Gasteiger partial charge in [0.05, 0.1) is 0 Å². The van der Waals surface area contributed by atoms with Gasteiger partial charge in [-0.25, -0.2) is 9.59 Å². The summed E-state index contributed by atoms with van der Waals surface area (Å²) in [5.41, 5.74) is 0.893. The summed E-state index contributed by atoms with van der Waals surface area (Å²) >= 11 is 5.96. The molecule has 29 heavy (non-hydrogen) atoms. The van der Waals surface area contributed by atoms with Gasteiger partial charge < -0.3 is 14.8 Å². The number of hydrogen-bond acceptors (Lipinski definition) is 5. The molecular weight excluding hydrogens is 396 g/mol. The molecule has 0 unspecified atom stereocenters. The third kappa shape index (κ3) is 5.26. The Kier molecular flexibility index (Phi) is 6.08. The lowest BCUT2D eigenvalue weighted by Gasteiger charge is -2.20. The van der Waals surface area contributed by atoms with Gasteiger partial charge in [0.15, 0.2) is 6.61 Å². The standard InChI is InChI=1S/C21H21ClN2O5/c1-13-11-16(7-8-17(13)22)28-12-18(25)29-15-5-3-14(4-6-15)9-10-21(2)19(26)23-20(27)24-21/h3-8,11H,9-10,12H2,1-2H3,(H2,23,24,26,27)/t21-/m1/s1. The largest absolute Gasteiger partial charge is 0.482 e. The van der Waals surface area contributed by atoms with Gasteiger partial charge in [-0.2, -0.15) is 0 Å². The van der Waals surface area contributed by atoms with E-state index in [-0.39, 0.29) is 12.5 Å². The van der Waals surface area contributed by atoms with Gasteiger partial charge in [-0.3, -0.25) is 10.1 Å². The van der Waals surface area contributed by atoms with Crippen LogP contribution in [0.2, 0.25) is 5.02 Å². The first-order chi connectivity index (χ1) is 13.7. The minimum Gasteiger partial charge on any atom is -0.482 e. The minimum atomic E-state index is -0.917. The zero-order valence-electron chi connectivity index (χ0n) is 16.1. The molecule has 1 atom stereocenters. The summed E-state index contributed by atoms with van der Waals surface area (Å²) in [6.45, 7) is 3.31. The molecule has 3 amide bonds. The van der Waals surface area contributed by atoms with Crippen LogP contribution in [0.15, 0.2) is 42.5 Å². The molecule has 0 bridgehead atoms. The van der Waals surface area contributed by atoms with Crippen LogP contribution < -0.4 is 20.1 Å². The van der Waals surface area contributed by atoms with Crippen molar-refractivity contribution in [3.05, 3.63) is 58.6 Å². The monoisotopic (exact) mass is 416 g/mol. The zero-order valence-corrected chi connectivity index (χ0v) is 16.8. The Labute approximate surface area is 173 Å². The van der Waals surface area contributed by atoms with E-state index in [0.29, 0.717) is 29.4 Å². The molecule has 2 aromatic rings. The van der Waals surface area contributed by atoms with Crippen molar-refractivity contribution in [3.8, 4) is 11.5 Å². The summed E-state index contributed by atoms with van der Waals surface area (Å²) in [6.07, 6.45) is 1.04. The van der Waals surface area contributed by atoms with Crippen LogP contribution in [0, 0.1) is 6.92 Å². The molecule has 0 radical (unpaired) electrons. The maximum atomic E-state index is 12.0. The Morgan fingerprint density at radius 2 is 1.79 bits per heavy atom. The number of imide groups is 1. The molecule has 1 fully saturated rings. The number of esters is 1. The fourth-order valence-corrected chi connectivity index (χ4v) is 3.00. The normalized spacial score (nSPS) is 18.2. The lowest BCUT2D eigenvalue weighted by Crippen LogP contribution is -2.43. The number of amides is 3. The summed E-state index contributed by atoms with van der Waals surface area (Å²) in [5, 5.41) is 5.50. The Morgan fingerprint density at radius 1 is 1.10 bits per heavy atom. The summed E-state index contributed by atoms with van der Waals surface area (Å²) in [5.74, 6) is 0.0793. The Hall–Kier alpha value is -3.06. The fourth-order valence-electron chi connectivity index (χ4n) is 2.88. The Morgan fingerprint density at radius 3 is 2.41 bits per heavy atom. The van der Waals surface area contributed by atoms with E-state index in [1.165, 1.54) is 0 Å². The molecule has 0 saturated carbocycles. The van der Waals surface area contributed by atoms with Crippen molar-refractivity contribution in [3.63, 3.8) is 0 Å². The molecule has 1 saturated heterocycles. The predicted octanol–water partition coefficient (Wildman–Crippen LogP) is 3.16. The smallest absolute Gasteiger partial charge is 0.349 e. The predicted molar refractivity (Wildman–Crippen MR) is 107 cm³/mol. The first-order valence-electron chi connectivity index (χ1n) is 9.07. The van der Waals surface area contributed by atoms with Gasteiger partial charge in [0.2, 0.25) is 0 Å². The van der Waals surface area contributed by atoms with Crippen molar-refractivity contribution in [2.24, 2.45) is 0 Å². The molecule has 2 N–H and O–H groups in total. The number of ether oxygens (including phenoxy) is 2. The van der Waals surface area contributed by atoms with Crippen molar-refractivity contribution in [1.82, 2.24) is 10.6 Å². The molecule has 1 heterocycles. The number of rotatable bonds is 7. The average molecular weight is 417 g/mol. The molecule has 1 aliphatic heterocycles. The summed E-state index contributed by atoms with van der Waals surface area (Å²) in [7, 11) is 0. The molecule has 0 aromatic heterocycles. The molecule has 2 aromatic carbocycles. The van der Waals surface area contributed by atoms with Crippen molar-refractivity contribution in [2.45, 2.75) is 32.2 Å². The molecule has 3 rings (SSSR count). The van der Waals surface area contributed by atoms with E-state index in [9.17, 15) is 14.4 Å². The number of halogens is 1. The van der Waals surface area contributed by atoms with Crippen LogP contribution in [-0.4, -0.2) is 30.1 Å². The van der Waals surface area contributed by atoms with Crippen LogP contribution in [0.5, 0.6) is 11.5 Å². The maximum absolute atomic E-state index is 12.0. The third-order valence-electron chi connectivity index (χ3n) is 4.67. The molecule has 0 spiro atoms. The van der Waals surface area contributed by atoms with E-state index >= 15 is 0 Å². The highest BCUT2D eigenvalue weighted by Crippen LogP contribution is 2.22. The average Bonchev–Trinajstić information content (AvgIpc) is 2.94. The van der Waals surface area contributed by atoms with Gasteiger partial charge in [0, 0.05) is 5.02 Å². The number of benzene rings is 2. The summed E-state index contributed by atoms with van der Waals surface area (Å²) in [6, 6.07) is 11.6. The Bertz CT molecular complexity index is 945. The second-order valence-electron chi connectivity index (χ2n) is 7.06. The highest BCUT2D eigenvalue weighted by molar-refractivity contribution is 6.31. The van der Waals surface area contributed by atoms with Gasteiger partial charge in [-0.1, -0.05) is 23.7 Å². The lowest BCUT2D eigenvalue weighted by molar-refractivity contribution is -0.136. The number of carbonyl (C=O) groups excluding carboxylic acids is 3. The van der Waals surface area contributed by atoms with E-state index in [0.717, 1.165) is 11.1 Å². The molecule has 0 aliphatic carbocycles. The topological polar surface area (TPSA) is 93.7 Å². The van der Waals surface area contributed by atoms with E-state index in [1.54, 1.807) is 37.3 Å². The van der Waals surface area contributed by atoms with Gasteiger partial charge >= 0.3 is 12.0 Å².